The first-order valence-corrected chi connectivity index (χ1v) is 10.3. The molecule has 0 spiro atoms. The number of hydrogen-bond donors (Lipinski definition) is 1. The molecule has 1 fully saturated rings. The van der Waals surface area contributed by atoms with Gasteiger partial charge in [0.25, 0.3) is 0 Å². The van der Waals surface area contributed by atoms with E-state index in [2.05, 4.69) is 26.1 Å². The first-order chi connectivity index (χ1) is 13.3. The van der Waals surface area contributed by atoms with Crippen LogP contribution in [0.25, 0.3) is 0 Å². The van der Waals surface area contributed by atoms with Gasteiger partial charge in [0, 0.05) is 51.0 Å². The third-order valence-corrected chi connectivity index (χ3v) is 5.78. The van der Waals surface area contributed by atoms with Gasteiger partial charge in [-0.05, 0) is 31.4 Å². The molecule has 7 heteroatoms. The lowest BCUT2D eigenvalue weighted by Gasteiger charge is -2.33. The number of nitrogens with one attached hydrogen (secondary N) is 1. The summed E-state index contributed by atoms with van der Waals surface area (Å²) in [5, 5.41) is 11.8. The number of rotatable bonds is 6. The van der Waals surface area contributed by atoms with Crippen molar-refractivity contribution in [1.29, 1.82) is 0 Å². The molecule has 146 valence electrons. The van der Waals surface area contributed by atoms with Crippen LogP contribution in [0.2, 0.25) is 0 Å². The average molecular weight is 371 g/mol. The summed E-state index contributed by atoms with van der Waals surface area (Å²) >= 11 is 0. The highest BCUT2D eigenvalue weighted by Crippen LogP contribution is 2.25. The van der Waals surface area contributed by atoms with Crippen LogP contribution in [0, 0.1) is 0 Å². The molecular weight excluding hydrogens is 340 g/mol. The van der Waals surface area contributed by atoms with Gasteiger partial charge < -0.3 is 5.32 Å². The second kappa shape index (κ2) is 8.69. The van der Waals surface area contributed by atoms with Crippen molar-refractivity contribution >= 4 is 5.91 Å². The third kappa shape index (κ3) is 4.77. The van der Waals surface area contributed by atoms with E-state index in [1.165, 1.54) is 44.3 Å². The number of aromatic nitrogens is 4. The second-order valence-corrected chi connectivity index (χ2v) is 7.76. The van der Waals surface area contributed by atoms with Crippen LogP contribution in [0.5, 0.6) is 0 Å². The van der Waals surface area contributed by atoms with Crippen LogP contribution < -0.4 is 5.32 Å². The van der Waals surface area contributed by atoms with Crippen LogP contribution in [0.15, 0.2) is 24.5 Å². The standard InChI is InChI=1S/C20H30N6O/c27-20(8-13-25-11-4-9-22-25)21-15-17-14-19-16-24(10-5-12-26(19)23-17)18-6-2-1-3-7-18/h4,9,11,14,18H,1-3,5-8,10,12-13,15-16H2,(H,21,27). The molecule has 2 aromatic heterocycles. The van der Waals surface area contributed by atoms with E-state index in [1.807, 2.05) is 12.3 Å². The molecule has 27 heavy (non-hydrogen) atoms. The van der Waals surface area contributed by atoms with Gasteiger partial charge >= 0.3 is 0 Å². The Hall–Kier alpha value is -2.15. The van der Waals surface area contributed by atoms with E-state index in [-0.39, 0.29) is 5.91 Å². The molecule has 0 atom stereocenters. The van der Waals surface area contributed by atoms with Crippen molar-refractivity contribution in [3.8, 4) is 0 Å². The Kier molecular flexibility index (Phi) is 5.87. The predicted octanol–water partition coefficient (Wildman–Crippen LogP) is 2.32. The fourth-order valence-corrected chi connectivity index (χ4v) is 4.32. The molecule has 1 N–H and O–H groups in total. The van der Waals surface area contributed by atoms with E-state index >= 15 is 0 Å². The minimum atomic E-state index is 0.0394. The maximum atomic E-state index is 12.1. The van der Waals surface area contributed by atoms with Gasteiger partial charge in [-0.2, -0.15) is 10.2 Å². The van der Waals surface area contributed by atoms with Gasteiger partial charge in [-0.3, -0.25) is 19.1 Å². The molecular formula is C20H30N6O. The van der Waals surface area contributed by atoms with Crippen LogP contribution in [-0.4, -0.2) is 43.0 Å². The average Bonchev–Trinajstić information content (AvgIpc) is 3.31. The number of carbonyl (C=O) groups is 1. The summed E-state index contributed by atoms with van der Waals surface area (Å²) in [6.07, 6.45) is 12.0. The topological polar surface area (TPSA) is 68.0 Å². The molecule has 3 heterocycles. The van der Waals surface area contributed by atoms with E-state index in [0.29, 0.717) is 19.5 Å². The van der Waals surface area contributed by atoms with E-state index < -0.39 is 0 Å². The maximum absolute atomic E-state index is 12.1. The van der Waals surface area contributed by atoms with Crippen molar-refractivity contribution in [3.63, 3.8) is 0 Å². The summed E-state index contributed by atoms with van der Waals surface area (Å²) in [6, 6.07) is 4.78. The first kappa shape index (κ1) is 18.2. The van der Waals surface area contributed by atoms with Gasteiger partial charge in [-0.25, -0.2) is 0 Å². The molecule has 0 saturated heterocycles. The molecule has 4 rings (SSSR count). The van der Waals surface area contributed by atoms with Crippen LogP contribution in [-0.2, 0) is 31.0 Å². The lowest BCUT2D eigenvalue weighted by molar-refractivity contribution is -0.121. The molecule has 1 saturated carbocycles. The predicted molar refractivity (Wildman–Crippen MR) is 103 cm³/mol. The number of fused-ring (bicyclic) bond motifs is 1. The third-order valence-electron chi connectivity index (χ3n) is 5.78. The Labute approximate surface area is 160 Å². The highest BCUT2D eigenvalue weighted by molar-refractivity contribution is 5.75. The molecule has 1 aliphatic carbocycles. The molecule has 1 aliphatic heterocycles. The van der Waals surface area contributed by atoms with Crippen LogP contribution >= 0.6 is 0 Å². The molecule has 1 amide bonds. The lowest BCUT2D eigenvalue weighted by Crippen LogP contribution is -2.36. The SMILES string of the molecule is O=C(CCn1cccn1)NCc1cc2n(n1)CCCN(C1CCCCC1)C2. The number of hydrogen-bond acceptors (Lipinski definition) is 4. The fraction of sp³-hybridized carbons (Fsp3) is 0.650. The van der Waals surface area contributed by atoms with Crippen LogP contribution in [0.3, 0.4) is 0 Å². The van der Waals surface area contributed by atoms with Gasteiger partial charge in [-0.1, -0.05) is 19.3 Å². The summed E-state index contributed by atoms with van der Waals surface area (Å²) in [4.78, 5) is 14.7. The summed E-state index contributed by atoms with van der Waals surface area (Å²) in [6.45, 7) is 4.25. The molecule has 0 radical (unpaired) electrons. The number of aryl methyl sites for hydroxylation is 2. The summed E-state index contributed by atoms with van der Waals surface area (Å²) in [5.41, 5.74) is 2.25. The normalized spacial score (nSPS) is 18.8. The molecule has 0 unspecified atom stereocenters. The van der Waals surface area contributed by atoms with Gasteiger partial charge in [0.1, 0.15) is 0 Å². The molecule has 2 aliphatic rings. The maximum Gasteiger partial charge on any atom is 0.222 e. The molecule has 0 bridgehead atoms. The van der Waals surface area contributed by atoms with E-state index in [4.69, 9.17) is 5.10 Å². The fourth-order valence-electron chi connectivity index (χ4n) is 4.32. The van der Waals surface area contributed by atoms with Crippen molar-refractivity contribution < 1.29 is 4.79 Å². The zero-order chi connectivity index (χ0) is 18.5. The van der Waals surface area contributed by atoms with Crippen LogP contribution in [0.1, 0.15) is 56.3 Å². The largest absolute Gasteiger partial charge is 0.350 e. The van der Waals surface area contributed by atoms with Crippen molar-refractivity contribution in [3.05, 3.63) is 35.9 Å². The quantitative estimate of drug-likeness (QED) is 0.847. The highest BCUT2D eigenvalue weighted by atomic mass is 16.1. The lowest BCUT2D eigenvalue weighted by atomic mass is 9.94. The Bertz CT molecular complexity index is 732. The minimum absolute atomic E-state index is 0.0394. The second-order valence-electron chi connectivity index (χ2n) is 7.76. The summed E-state index contributed by atoms with van der Waals surface area (Å²) < 4.78 is 3.92. The molecule has 2 aromatic rings. The van der Waals surface area contributed by atoms with Crippen molar-refractivity contribution in [1.82, 2.24) is 29.8 Å². The zero-order valence-corrected chi connectivity index (χ0v) is 16.0. The van der Waals surface area contributed by atoms with Crippen molar-refractivity contribution in [2.45, 2.75) is 77.2 Å². The van der Waals surface area contributed by atoms with Crippen LogP contribution in [0.4, 0.5) is 0 Å². The Morgan fingerprint density at radius 2 is 2.07 bits per heavy atom. The summed E-state index contributed by atoms with van der Waals surface area (Å²) in [5.74, 6) is 0.0394. The molecule has 0 aromatic carbocycles. The monoisotopic (exact) mass is 370 g/mol. The van der Waals surface area contributed by atoms with Gasteiger partial charge in [0.2, 0.25) is 5.91 Å². The zero-order valence-electron chi connectivity index (χ0n) is 16.0. The minimum Gasteiger partial charge on any atom is -0.350 e. The Morgan fingerprint density at radius 1 is 1.19 bits per heavy atom. The van der Waals surface area contributed by atoms with Gasteiger partial charge in [0.05, 0.1) is 17.9 Å². The first-order valence-electron chi connectivity index (χ1n) is 10.3. The van der Waals surface area contributed by atoms with E-state index in [0.717, 1.165) is 31.2 Å². The van der Waals surface area contributed by atoms with Gasteiger partial charge in [0.15, 0.2) is 0 Å². The Morgan fingerprint density at radius 3 is 2.89 bits per heavy atom. The number of carbonyl (C=O) groups excluding carboxylic acids is 1. The van der Waals surface area contributed by atoms with E-state index in [1.54, 1.807) is 10.9 Å². The smallest absolute Gasteiger partial charge is 0.222 e. The van der Waals surface area contributed by atoms with Crippen molar-refractivity contribution in [2.24, 2.45) is 0 Å². The van der Waals surface area contributed by atoms with Gasteiger partial charge in [-0.15, -0.1) is 0 Å². The summed E-state index contributed by atoms with van der Waals surface area (Å²) in [7, 11) is 0. The molecule has 7 nitrogen and oxygen atoms in total. The number of nitrogens with zero attached hydrogens (tertiary/aromatic N) is 5. The highest BCUT2D eigenvalue weighted by Gasteiger charge is 2.24. The van der Waals surface area contributed by atoms with Crippen molar-refractivity contribution in [2.75, 3.05) is 6.54 Å². The number of amides is 1. The Balaban J connectivity index is 1.29. The van der Waals surface area contributed by atoms with E-state index in [9.17, 15) is 4.79 Å².